The molecule has 0 bridgehead atoms. The number of nitrogens with one attached hydrogen (secondary N) is 1. The number of halogens is 1. The van der Waals surface area contributed by atoms with Gasteiger partial charge in [0.1, 0.15) is 0 Å². The summed E-state index contributed by atoms with van der Waals surface area (Å²) >= 11 is 6.12. The number of rotatable bonds is 5. The van der Waals surface area contributed by atoms with Crippen LogP contribution in [0.25, 0.3) is 5.65 Å². The molecule has 0 saturated carbocycles. The van der Waals surface area contributed by atoms with Gasteiger partial charge in [-0.25, -0.2) is 0 Å². The van der Waals surface area contributed by atoms with Crippen molar-refractivity contribution >= 4 is 22.9 Å². The van der Waals surface area contributed by atoms with E-state index in [1.165, 1.54) is 5.56 Å². The van der Waals surface area contributed by atoms with E-state index in [-0.39, 0.29) is 5.92 Å². The quantitative estimate of drug-likeness (QED) is 0.783. The zero-order valence-corrected chi connectivity index (χ0v) is 13.2. The molecule has 3 aromatic rings. The first-order chi connectivity index (χ1) is 10.6. The van der Waals surface area contributed by atoms with Crippen LogP contribution in [0.4, 0.5) is 5.69 Å². The Kier molecular flexibility index (Phi) is 4.20. The first-order valence-electron chi connectivity index (χ1n) is 7.20. The predicted molar refractivity (Wildman–Crippen MR) is 86.3 cm³/mol. The monoisotopic (exact) mass is 316 g/mol. The molecule has 0 unspecified atom stereocenters. The van der Waals surface area contributed by atoms with Crippen molar-refractivity contribution in [3.8, 4) is 0 Å². The third kappa shape index (κ3) is 3.01. The van der Waals surface area contributed by atoms with Crippen molar-refractivity contribution in [3.05, 3.63) is 47.1 Å². The van der Waals surface area contributed by atoms with Gasteiger partial charge >= 0.3 is 0 Å². The topological polar surface area (TPSA) is 68.0 Å². The van der Waals surface area contributed by atoms with Crippen LogP contribution in [0.15, 0.2) is 30.6 Å². The Labute approximate surface area is 133 Å². The Morgan fingerprint density at radius 1 is 1.32 bits per heavy atom. The summed E-state index contributed by atoms with van der Waals surface area (Å²) in [5, 5.41) is 16.5. The summed E-state index contributed by atoms with van der Waals surface area (Å²) in [4.78, 5) is 4.11. The van der Waals surface area contributed by atoms with Crippen LogP contribution in [-0.2, 0) is 6.42 Å². The smallest absolute Gasteiger partial charge is 0.201 e. The van der Waals surface area contributed by atoms with Crippen LogP contribution in [0.1, 0.15) is 31.2 Å². The maximum Gasteiger partial charge on any atom is 0.201 e. The van der Waals surface area contributed by atoms with E-state index in [1.807, 2.05) is 12.3 Å². The van der Waals surface area contributed by atoms with Crippen LogP contribution in [0, 0.1) is 0 Å². The van der Waals surface area contributed by atoms with Crippen LogP contribution < -0.4 is 5.32 Å². The predicted octanol–water partition coefficient (Wildman–Crippen LogP) is 2.95. The zero-order chi connectivity index (χ0) is 15.5. The molecule has 0 amide bonds. The number of fused-ring (bicyclic) bond motifs is 1. The molecule has 3 rings (SSSR count). The van der Waals surface area contributed by atoms with Crippen molar-refractivity contribution in [3.63, 3.8) is 0 Å². The highest BCUT2D eigenvalue weighted by atomic mass is 35.5. The summed E-state index contributed by atoms with van der Waals surface area (Å²) in [7, 11) is 0. The second kappa shape index (κ2) is 6.27. The van der Waals surface area contributed by atoms with Gasteiger partial charge in [0.05, 0.1) is 5.69 Å². The molecule has 7 heteroatoms. The fraction of sp³-hybridized carbons (Fsp3) is 0.333. The molecule has 0 aliphatic heterocycles. The summed E-state index contributed by atoms with van der Waals surface area (Å²) in [5.41, 5.74) is 2.71. The molecule has 3 heterocycles. The summed E-state index contributed by atoms with van der Waals surface area (Å²) in [5.74, 6) is 1.03. The van der Waals surface area contributed by atoms with Crippen molar-refractivity contribution in [2.45, 2.75) is 26.2 Å². The zero-order valence-electron chi connectivity index (χ0n) is 12.5. The lowest BCUT2D eigenvalue weighted by atomic mass is 10.2. The molecule has 0 aliphatic carbocycles. The molecule has 0 aromatic carbocycles. The lowest BCUT2D eigenvalue weighted by molar-refractivity contribution is 0.721. The molecule has 114 valence electrons. The maximum atomic E-state index is 6.12. The molecule has 22 heavy (non-hydrogen) atoms. The minimum Gasteiger partial charge on any atom is -0.382 e. The maximum absolute atomic E-state index is 6.12. The van der Waals surface area contributed by atoms with E-state index in [2.05, 4.69) is 45.5 Å². The van der Waals surface area contributed by atoms with E-state index in [4.69, 9.17) is 11.6 Å². The Bertz CT molecular complexity index is 768. The molecule has 0 saturated heterocycles. The van der Waals surface area contributed by atoms with E-state index in [1.54, 1.807) is 16.8 Å². The van der Waals surface area contributed by atoms with Crippen LogP contribution in [-0.4, -0.2) is 31.3 Å². The van der Waals surface area contributed by atoms with Gasteiger partial charge in [-0.2, -0.15) is 9.61 Å². The highest BCUT2D eigenvalue weighted by molar-refractivity contribution is 6.29. The van der Waals surface area contributed by atoms with Gasteiger partial charge in [0.2, 0.25) is 5.65 Å². The van der Waals surface area contributed by atoms with Gasteiger partial charge in [-0.05, 0) is 18.1 Å². The lowest BCUT2D eigenvalue weighted by Crippen LogP contribution is -2.08. The Morgan fingerprint density at radius 3 is 2.91 bits per heavy atom. The molecule has 6 nitrogen and oxygen atoms in total. The summed E-state index contributed by atoms with van der Waals surface area (Å²) in [6.45, 7) is 4.86. The molecule has 0 aliphatic rings. The molecule has 0 atom stereocenters. The lowest BCUT2D eigenvalue weighted by Gasteiger charge is -2.08. The SMILES string of the molecule is CC(C)c1nnc2c(NCCc3cccnc3)cc(Cl)nn12. The van der Waals surface area contributed by atoms with Crippen molar-refractivity contribution in [2.75, 3.05) is 11.9 Å². The van der Waals surface area contributed by atoms with Gasteiger partial charge < -0.3 is 5.32 Å². The van der Waals surface area contributed by atoms with Crippen LogP contribution in [0.3, 0.4) is 0 Å². The van der Waals surface area contributed by atoms with Crippen LogP contribution in [0.2, 0.25) is 5.15 Å². The largest absolute Gasteiger partial charge is 0.382 e. The number of hydrogen-bond donors (Lipinski definition) is 1. The fourth-order valence-corrected chi connectivity index (χ4v) is 2.43. The summed E-state index contributed by atoms with van der Waals surface area (Å²) < 4.78 is 1.71. The van der Waals surface area contributed by atoms with E-state index in [0.717, 1.165) is 24.5 Å². The van der Waals surface area contributed by atoms with Crippen molar-refractivity contribution in [1.29, 1.82) is 0 Å². The van der Waals surface area contributed by atoms with Crippen LogP contribution >= 0.6 is 11.6 Å². The average molecular weight is 317 g/mol. The van der Waals surface area contributed by atoms with Gasteiger partial charge in [-0.1, -0.05) is 31.5 Å². The van der Waals surface area contributed by atoms with E-state index in [0.29, 0.717) is 10.8 Å². The molecular formula is C15H17ClN6. The Balaban J connectivity index is 1.81. The first kappa shape index (κ1) is 14.7. The second-order valence-corrected chi connectivity index (χ2v) is 5.75. The Morgan fingerprint density at radius 2 is 2.18 bits per heavy atom. The van der Waals surface area contributed by atoms with Crippen LogP contribution in [0.5, 0.6) is 0 Å². The molecule has 0 fully saturated rings. The second-order valence-electron chi connectivity index (χ2n) is 5.37. The van der Waals surface area contributed by atoms with Gasteiger partial charge in [-0.15, -0.1) is 10.2 Å². The first-order valence-corrected chi connectivity index (χ1v) is 7.57. The van der Waals surface area contributed by atoms with Gasteiger partial charge in [0, 0.05) is 30.9 Å². The van der Waals surface area contributed by atoms with Crippen molar-refractivity contribution in [1.82, 2.24) is 24.8 Å². The van der Waals surface area contributed by atoms with Crippen molar-refractivity contribution in [2.24, 2.45) is 0 Å². The standard InChI is InChI=1S/C15H17ClN6/c1-10(2)14-19-20-15-12(8-13(16)21-22(14)15)18-7-5-11-4-3-6-17-9-11/h3-4,6,8-10,18H,5,7H2,1-2H3. The third-order valence-corrected chi connectivity index (χ3v) is 3.52. The number of anilines is 1. The van der Waals surface area contributed by atoms with Gasteiger partial charge in [0.15, 0.2) is 11.0 Å². The van der Waals surface area contributed by atoms with Gasteiger partial charge in [-0.3, -0.25) is 4.98 Å². The minimum atomic E-state index is 0.226. The number of aromatic nitrogens is 5. The normalized spacial score (nSPS) is 11.3. The molecule has 0 spiro atoms. The summed E-state index contributed by atoms with van der Waals surface area (Å²) in [6, 6.07) is 5.76. The molecule has 0 radical (unpaired) electrons. The third-order valence-electron chi connectivity index (χ3n) is 3.33. The highest BCUT2D eigenvalue weighted by Gasteiger charge is 2.14. The minimum absolute atomic E-state index is 0.226. The molecular weight excluding hydrogens is 300 g/mol. The number of hydrogen-bond acceptors (Lipinski definition) is 5. The number of nitrogens with zero attached hydrogens (tertiary/aromatic N) is 5. The number of pyridine rings is 1. The van der Waals surface area contributed by atoms with Crippen molar-refractivity contribution < 1.29 is 0 Å². The van der Waals surface area contributed by atoms with Gasteiger partial charge in [0.25, 0.3) is 0 Å². The average Bonchev–Trinajstić information content (AvgIpc) is 2.92. The van der Waals surface area contributed by atoms with E-state index in [9.17, 15) is 0 Å². The molecule has 1 N–H and O–H groups in total. The summed E-state index contributed by atoms with van der Waals surface area (Å²) in [6.07, 6.45) is 4.50. The van der Waals surface area contributed by atoms with E-state index < -0.39 is 0 Å². The highest BCUT2D eigenvalue weighted by Crippen LogP contribution is 2.21. The molecule has 3 aromatic heterocycles. The van der Waals surface area contributed by atoms with E-state index >= 15 is 0 Å². The fourth-order valence-electron chi connectivity index (χ4n) is 2.24. The Hall–Kier alpha value is -2.21.